The van der Waals surface area contributed by atoms with Gasteiger partial charge in [0.2, 0.25) is 0 Å². The Hall–Kier alpha value is -1.85. The lowest BCUT2D eigenvalue weighted by molar-refractivity contribution is -0.387. The highest BCUT2D eigenvalue weighted by Crippen LogP contribution is 2.34. The number of hydrogen-bond donors (Lipinski definition) is 1. The average Bonchev–Trinajstić information content (AvgIpc) is 2.40. The van der Waals surface area contributed by atoms with Gasteiger partial charge in [-0.05, 0) is 23.8 Å². The minimum absolute atomic E-state index is 0.130. The molecule has 5 heteroatoms. The van der Waals surface area contributed by atoms with Gasteiger partial charge in [-0.3, -0.25) is 10.1 Å². The molecular weight excluding hydrogens is 248 g/mol. The van der Waals surface area contributed by atoms with E-state index in [0.29, 0.717) is 11.4 Å². The summed E-state index contributed by atoms with van der Waals surface area (Å²) >= 11 is 1.38. The van der Waals surface area contributed by atoms with Gasteiger partial charge in [-0.1, -0.05) is 36.0 Å². The first-order chi connectivity index (χ1) is 8.70. The summed E-state index contributed by atoms with van der Waals surface area (Å²) in [6.07, 6.45) is 0. The Labute approximate surface area is 109 Å². The molecule has 2 N–H and O–H groups in total. The minimum Gasteiger partial charge on any atom is -0.326 e. The number of nitro groups is 1. The van der Waals surface area contributed by atoms with E-state index in [4.69, 9.17) is 5.73 Å². The van der Waals surface area contributed by atoms with Gasteiger partial charge in [-0.15, -0.1) is 0 Å². The van der Waals surface area contributed by atoms with Crippen LogP contribution in [0.3, 0.4) is 0 Å². The van der Waals surface area contributed by atoms with Crippen molar-refractivity contribution in [3.8, 4) is 0 Å². The van der Waals surface area contributed by atoms with Crippen molar-refractivity contribution in [3.05, 3.63) is 64.2 Å². The first-order valence-electron chi connectivity index (χ1n) is 5.41. The summed E-state index contributed by atoms with van der Waals surface area (Å²) in [5.74, 6) is 0. The molecule has 0 atom stereocenters. The van der Waals surface area contributed by atoms with E-state index in [-0.39, 0.29) is 10.6 Å². The van der Waals surface area contributed by atoms with Gasteiger partial charge in [0.05, 0.1) is 9.82 Å². The maximum Gasteiger partial charge on any atom is 0.283 e. The number of para-hydroxylation sites is 1. The van der Waals surface area contributed by atoms with Crippen LogP contribution in [0.5, 0.6) is 0 Å². The topological polar surface area (TPSA) is 69.2 Å². The Morgan fingerprint density at radius 3 is 2.39 bits per heavy atom. The molecule has 0 saturated carbocycles. The molecule has 0 spiro atoms. The summed E-state index contributed by atoms with van der Waals surface area (Å²) in [5, 5.41) is 10.9. The maximum atomic E-state index is 10.9. The molecule has 2 aromatic rings. The van der Waals surface area contributed by atoms with E-state index in [0.717, 1.165) is 10.5 Å². The highest BCUT2D eigenvalue weighted by Gasteiger charge is 2.13. The maximum absolute atomic E-state index is 10.9. The molecule has 0 heterocycles. The van der Waals surface area contributed by atoms with Crippen molar-refractivity contribution in [2.24, 2.45) is 5.73 Å². The molecule has 0 unspecified atom stereocenters. The third-order valence-electron chi connectivity index (χ3n) is 2.45. The van der Waals surface area contributed by atoms with E-state index < -0.39 is 0 Å². The zero-order valence-electron chi connectivity index (χ0n) is 9.58. The van der Waals surface area contributed by atoms with Crippen molar-refractivity contribution < 1.29 is 4.92 Å². The van der Waals surface area contributed by atoms with Crippen LogP contribution in [0, 0.1) is 10.1 Å². The number of nitrogens with zero attached hydrogens (tertiary/aromatic N) is 1. The third kappa shape index (κ3) is 2.88. The van der Waals surface area contributed by atoms with E-state index in [9.17, 15) is 10.1 Å². The molecule has 92 valence electrons. The van der Waals surface area contributed by atoms with Crippen LogP contribution in [-0.4, -0.2) is 4.92 Å². The fourth-order valence-corrected chi connectivity index (χ4v) is 2.43. The van der Waals surface area contributed by atoms with Crippen LogP contribution < -0.4 is 5.73 Å². The van der Waals surface area contributed by atoms with Crippen LogP contribution in [0.15, 0.2) is 58.3 Å². The van der Waals surface area contributed by atoms with Gasteiger partial charge in [0.1, 0.15) is 0 Å². The lowest BCUT2D eigenvalue weighted by atomic mass is 10.2. The second kappa shape index (κ2) is 5.66. The summed E-state index contributed by atoms with van der Waals surface area (Å²) in [7, 11) is 0. The number of nitrogens with two attached hydrogens (primary N) is 1. The summed E-state index contributed by atoms with van der Waals surface area (Å²) < 4.78 is 0. The van der Waals surface area contributed by atoms with Crippen molar-refractivity contribution in [3.63, 3.8) is 0 Å². The average molecular weight is 260 g/mol. The number of rotatable bonds is 4. The molecule has 0 saturated heterocycles. The number of benzene rings is 2. The second-order valence-corrected chi connectivity index (χ2v) is 4.79. The highest BCUT2D eigenvalue weighted by molar-refractivity contribution is 7.99. The van der Waals surface area contributed by atoms with E-state index in [1.807, 2.05) is 24.3 Å². The molecule has 0 amide bonds. The predicted molar refractivity (Wildman–Crippen MR) is 71.6 cm³/mol. The van der Waals surface area contributed by atoms with Crippen LogP contribution in [0.25, 0.3) is 0 Å². The first kappa shape index (κ1) is 12.6. The van der Waals surface area contributed by atoms with E-state index in [1.54, 1.807) is 18.2 Å². The monoisotopic (exact) mass is 260 g/mol. The molecule has 0 aliphatic heterocycles. The standard InChI is InChI=1S/C13H12N2O2S/c14-9-10-5-7-11(8-6-10)18-13-4-2-1-3-12(13)15(16)17/h1-8H,9,14H2. The van der Waals surface area contributed by atoms with Gasteiger partial charge in [-0.25, -0.2) is 0 Å². The Bertz CT molecular complexity index is 555. The minimum atomic E-state index is -0.364. The first-order valence-corrected chi connectivity index (χ1v) is 6.22. The van der Waals surface area contributed by atoms with Crippen LogP contribution in [0.1, 0.15) is 5.56 Å². The Balaban J connectivity index is 2.25. The second-order valence-electron chi connectivity index (χ2n) is 3.67. The molecule has 0 aliphatic rings. The number of hydrogen-bond acceptors (Lipinski definition) is 4. The van der Waals surface area contributed by atoms with Crippen molar-refractivity contribution >= 4 is 17.4 Å². The summed E-state index contributed by atoms with van der Waals surface area (Å²) in [6.45, 7) is 0.496. The van der Waals surface area contributed by atoms with Gasteiger partial charge in [0.15, 0.2) is 0 Å². The zero-order valence-corrected chi connectivity index (χ0v) is 10.4. The van der Waals surface area contributed by atoms with Crippen LogP contribution in [-0.2, 0) is 6.54 Å². The largest absolute Gasteiger partial charge is 0.326 e. The molecule has 4 nitrogen and oxygen atoms in total. The van der Waals surface area contributed by atoms with E-state index in [2.05, 4.69) is 0 Å². The number of nitro benzene ring substituents is 1. The summed E-state index contributed by atoms with van der Waals surface area (Å²) in [4.78, 5) is 12.1. The lowest BCUT2D eigenvalue weighted by Gasteiger charge is -2.03. The normalized spacial score (nSPS) is 10.3. The van der Waals surface area contributed by atoms with Crippen LogP contribution in [0.4, 0.5) is 5.69 Å². The lowest BCUT2D eigenvalue weighted by Crippen LogP contribution is -1.95. The molecule has 0 radical (unpaired) electrons. The van der Waals surface area contributed by atoms with E-state index >= 15 is 0 Å². The van der Waals surface area contributed by atoms with Crippen molar-refractivity contribution in [1.29, 1.82) is 0 Å². The van der Waals surface area contributed by atoms with Gasteiger partial charge >= 0.3 is 0 Å². The van der Waals surface area contributed by atoms with Crippen LogP contribution in [0.2, 0.25) is 0 Å². The summed E-state index contributed by atoms with van der Waals surface area (Å²) in [5.41, 5.74) is 6.69. The highest BCUT2D eigenvalue weighted by atomic mass is 32.2. The van der Waals surface area contributed by atoms with E-state index in [1.165, 1.54) is 17.8 Å². The van der Waals surface area contributed by atoms with Crippen LogP contribution >= 0.6 is 11.8 Å². The van der Waals surface area contributed by atoms with Gasteiger partial charge in [-0.2, -0.15) is 0 Å². The molecule has 18 heavy (non-hydrogen) atoms. The zero-order chi connectivity index (χ0) is 13.0. The Morgan fingerprint density at radius 2 is 1.78 bits per heavy atom. The quantitative estimate of drug-likeness (QED) is 0.677. The Kier molecular flexibility index (Phi) is 3.96. The molecule has 0 aliphatic carbocycles. The molecule has 0 bridgehead atoms. The predicted octanol–water partition coefficient (Wildman–Crippen LogP) is 3.20. The SMILES string of the molecule is NCc1ccc(Sc2ccccc2[N+](=O)[O-])cc1. The molecular formula is C13H12N2O2S. The van der Waals surface area contributed by atoms with Gasteiger partial charge in [0, 0.05) is 17.5 Å². The molecule has 2 rings (SSSR count). The smallest absolute Gasteiger partial charge is 0.283 e. The third-order valence-corrected chi connectivity index (χ3v) is 3.52. The van der Waals surface area contributed by atoms with Crippen molar-refractivity contribution in [1.82, 2.24) is 0 Å². The summed E-state index contributed by atoms with van der Waals surface area (Å²) in [6, 6.07) is 14.4. The molecule has 2 aromatic carbocycles. The molecule has 0 fully saturated rings. The van der Waals surface area contributed by atoms with Gasteiger partial charge in [0.25, 0.3) is 5.69 Å². The van der Waals surface area contributed by atoms with Crippen molar-refractivity contribution in [2.45, 2.75) is 16.3 Å². The van der Waals surface area contributed by atoms with Gasteiger partial charge < -0.3 is 5.73 Å². The van der Waals surface area contributed by atoms with Crippen molar-refractivity contribution in [2.75, 3.05) is 0 Å². The fourth-order valence-electron chi connectivity index (χ4n) is 1.51. The fraction of sp³-hybridized carbons (Fsp3) is 0.0769. The Morgan fingerprint density at radius 1 is 1.11 bits per heavy atom. The molecule has 0 aromatic heterocycles.